The Bertz CT molecular complexity index is 2550. The van der Waals surface area contributed by atoms with Crippen LogP contribution in [-0.2, 0) is 0 Å². The van der Waals surface area contributed by atoms with Crippen LogP contribution in [0.3, 0.4) is 0 Å². The maximum atomic E-state index is 5.07. The number of imidazole rings is 1. The molecule has 9 aromatic rings. The summed E-state index contributed by atoms with van der Waals surface area (Å²) < 4.78 is 2.25. The molecular weight excluding hydrogens is 573 g/mol. The van der Waals surface area contributed by atoms with Crippen molar-refractivity contribution < 1.29 is 0 Å². The molecule has 0 aliphatic heterocycles. The van der Waals surface area contributed by atoms with Crippen LogP contribution < -0.4 is 0 Å². The van der Waals surface area contributed by atoms with Crippen LogP contribution in [0, 0.1) is 0 Å². The lowest BCUT2D eigenvalue weighted by atomic mass is 9.97. The zero-order chi connectivity index (χ0) is 31.2. The molecule has 9 rings (SSSR count). The Morgan fingerprint density at radius 1 is 0.340 bits per heavy atom. The van der Waals surface area contributed by atoms with Gasteiger partial charge in [-0.05, 0) is 70.4 Å². The molecule has 0 fully saturated rings. The zero-order valence-corrected chi connectivity index (χ0v) is 25.5. The lowest BCUT2D eigenvalue weighted by Crippen LogP contribution is -1.97. The molecule has 2 aromatic heterocycles. The number of hydrogen-bond acceptors (Lipinski definition) is 3. The van der Waals surface area contributed by atoms with Crippen molar-refractivity contribution in [3.63, 3.8) is 0 Å². The largest absolute Gasteiger partial charge is 0.292 e. The molecule has 0 radical (unpaired) electrons. The van der Waals surface area contributed by atoms with Crippen molar-refractivity contribution in [1.82, 2.24) is 19.5 Å². The second-order valence-corrected chi connectivity index (χ2v) is 11.7. The Hall–Kier alpha value is -6.39. The van der Waals surface area contributed by atoms with Gasteiger partial charge in [0.1, 0.15) is 5.82 Å². The van der Waals surface area contributed by atoms with Crippen LogP contribution in [0.15, 0.2) is 170 Å². The average Bonchev–Trinajstić information content (AvgIpc) is 3.54. The van der Waals surface area contributed by atoms with Gasteiger partial charge in [0.05, 0.1) is 33.5 Å². The molecule has 0 N–H and O–H groups in total. The third-order valence-electron chi connectivity index (χ3n) is 8.78. The average molecular weight is 601 g/mol. The Balaban J connectivity index is 1.08. The van der Waals surface area contributed by atoms with E-state index in [0.29, 0.717) is 0 Å². The van der Waals surface area contributed by atoms with Crippen molar-refractivity contribution in [2.75, 3.05) is 0 Å². The molecule has 0 spiro atoms. The van der Waals surface area contributed by atoms with Crippen molar-refractivity contribution in [3.05, 3.63) is 170 Å². The quantitative estimate of drug-likeness (QED) is 0.197. The van der Waals surface area contributed by atoms with E-state index < -0.39 is 0 Å². The molecule has 0 amide bonds. The molecule has 2 heterocycles. The van der Waals surface area contributed by atoms with E-state index in [0.717, 1.165) is 67.2 Å². The molecule has 47 heavy (non-hydrogen) atoms. The molecule has 0 saturated carbocycles. The van der Waals surface area contributed by atoms with Gasteiger partial charge >= 0.3 is 0 Å². The molecule has 0 unspecified atom stereocenters. The molecule has 0 aliphatic rings. The first-order chi connectivity index (χ1) is 23.3. The van der Waals surface area contributed by atoms with Crippen LogP contribution in [0.5, 0.6) is 0 Å². The molecule has 220 valence electrons. The summed E-state index contributed by atoms with van der Waals surface area (Å²) in [5.74, 6) is 0.936. The summed E-state index contributed by atoms with van der Waals surface area (Å²) in [7, 11) is 0. The Labute approximate surface area is 272 Å². The van der Waals surface area contributed by atoms with Gasteiger partial charge < -0.3 is 0 Å². The van der Waals surface area contributed by atoms with Crippen LogP contribution in [0.2, 0.25) is 0 Å². The number of hydrogen-bond donors (Lipinski definition) is 0. The third-order valence-corrected chi connectivity index (χ3v) is 8.78. The number of benzene rings is 7. The van der Waals surface area contributed by atoms with E-state index in [2.05, 4.69) is 120 Å². The highest BCUT2D eigenvalue weighted by molar-refractivity contribution is 5.92. The van der Waals surface area contributed by atoms with Gasteiger partial charge in [0.15, 0.2) is 0 Å². The van der Waals surface area contributed by atoms with Gasteiger partial charge in [-0.1, -0.05) is 121 Å². The second-order valence-electron chi connectivity index (χ2n) is 11.7. The highest BCUT2D eigenvalue weighted by Gasteiger charge is 2.16. The molecule has 4 heteroatoms. The van der Waals surface area contributed by atoms with E-state index in [-0.39, 0.29) is 0 Å². The Morgan fingerprint density at radius 3 is 1.51 bits per heavy atom. The van der Waals surface area contributed by atoms with Crippen LogP contribution in [0.25, 0.3) is 83.6 Å². The van der Waals surface area contributed by atoms with Crippen molar-refractivity contribution >= 4 is 32.8 Å². The number of para-hydroxylation sites is 5. The fourth-order valence-electron chi connectivity index (χ4n) is 6.44. The first kappa shape index (κ1) is 27.0. The molecule has 0 atom stereocenters. The van der Waals surface area contributed by atoms with Crippen molar-refractivity contribution in [3.8, 4) is 50.7 Å². The summed E-state index contributed by atoms with van der Waals surface area (Å²) >= 11 is 0. The molecule has 0 bridgehead atoms. The Morgan fingerprint density at radius 2 is 0.830 bits per heavy atom. The number of fused-ring (bicyclic) bond motifs is 3. The van der Waals surface area contributed by atoms with Crippen molar-refractivity contribution in [2.24, 2.45) is 0 Å². The van der Waals surface area contributed by atoms with Gasteiger partial charge in [-0.25, -0.2) is 15.0 Å². The molecule has 0 saturated heterocycles. The molecular formula is C43H28N4. The van der Waals surface area contributed by atoms with E-state index in [4.69, 9.17) is 15.0 Å². The summed E-state index contributed by atoms with van der Waals surface area (Å²) in [6.45, 7) is 0. The van der Waals surface area contributed by atoms with Crippen LogP contribution in [-0.4, -0.2) is 19.5 Å². The van der Waals surface area contributed by atoms with Crippen molar-refractivity contribution in [1.29, 1.82) is 0 Å². The minimum atomic E-state index is 0.883. The standard InChI is InChI=1S/C43H28N4/c1-3-11-30(12-4-1)41-42(45-38-16-8-7-15-37(38)44-41)31-21-19-29(20-22-31)32-23-24-34-28-35(26-25-33(34)27-32)43-46-39-17-9-10-18-40(39)47(43)36-13-5-2-6-14-36/h1-28H. The minimum Gasteiger partial charge on any atom is -0.292 e. The zero-order valence-electron chi connectivity index (χ0n) is 25.5. The molecule has 7 aromatic carbocycles. The maximum absolute atomic E-state index is 5.07. The van der Waals surface area contributed by atoms with Gasteiger partial charge in [0, 0.05) is 22.4 Å². The van der Waals surface area contributed by atoms with E-state index in [9.17, 15) is 0 Å². The number of aromatic nitrogens is 4. The summed E-state index contributed by atoms with van der Waals surface area (Å²) in [5, 5.41) is 2.36. The highest BCUT2D eigenvalue weighted by Crippen LogP contribution is 2.35. The predicted octanol–water partition coefficient (Wildman–Crippen LogP) is 10.8. The van der Waals surface area contributed by atoms with Gasteiger partial charge in [-0.2, -0.15) is 0 Å². The van der Waals surface area contributed by atoms with Crippen LogP contribution >= 0.6 is 0 Å². The summed E-state index contributed by atoms with van der Waals surface area (Å²) in [6.07, 6.45) is 0. The van der Waals surface area contributed by atoms with E-state index in [1.54, 1.807) is 0 Å². The first-order valence-electron chi connectivity index (χ1n) is 15.8. The fraction of sp³-hybridized carbons (Fsp3) is 0. The van der Waals surface area contributed by atoms with Gasteiger partial charge in [-0.3, -0.25) is 4.57 Å². The second kappa shape index (κ2) is 11.2. The van der Waals surface area contributed by atoms with Crippen LogP contribution in [0.4, 0.5) is 0 Å². The van der Waals surface area contributed by atoms with Gasteiger partial charge in [-0.15, -0.1) is 0 Å². The van der Waals surface area contributed by atoms with Gasteiger partial charge in [0.25, 0.3) is 0 Å². The van der Waals surface area contributed by atoms with Crippen molar-refractivity contribution in [2.45, 2.75) is 0 Å². The highest BCUT2D eigenvalue weighted by atomic mass is 15.1. The summed E-state index contributed by atoms with van der Waals surface area (Å²) in [5.41, 5.74) is 12.2. The number of rotatable bonds is 5. The topological polar surface area (TPSA) is 43.6 Å². The lowest BCUT2D eigenvalue weighted by Gasteiger charge is -2.12. The molecule has 0 aliphatic carbocycles. The van der Waals surface area contributed by atoms with Gasteiger partial charge in [0.2, 0.25) is 0 Å². The fourth-order valence-corrected chi connectivity index (χ4v) is 6.44. The Kier molecular flexibility index (Phi) is 6.43. The monoisotopic (exact) mass is 600 g/mol. The first-order valence-corrected chi connectivity index (χ1v) is 15.8. The smallest absolute Gasteiger partial charge is 0.145 e. The predicted molar refractivity (Wildman–Crippen MR) is 193 cm³/mol. The summed E-state index contributed by atoms with van der Waals surface area (Å²) in [4.78, 5) is 15.2. The van der Waals surface area contributed by atoms with E-state index in [1.165, 1.54) is 16.3 Å². The van der Waals surface area contributed by atoms with E-state index in [1.807, 2.05) is 54.6 Å². The lowest BCUT2D eigenvalue weighted by molar-refractivity contribution is 1.10. The third kappa shape index (κ3) is 4.84. The molecule has 4 nitrogen and oxygen atoms in total. The SMILES string of the molecule is c1ccc(-c2nc3ccccc3nc2-c2ccc(-c3ccc4cc(-c5nc6ccccc6n5-c5ccccc5)ccc4c3)cc2)cc1. The minimum absolute atomic E-state index is 0.883. The summed E-state index contributed by atoms with van der Waals surface area (Å²) in [6, 6.07) is 59.1. The van der Waals surface area contributed by atoms with E-state index >= 15 is 0 Å². The number of nitrogens with zero attached hydrogens (tertiary/aromatic N) is 4. The normalized spacial score (nSPS) is 11.4. The van der Waals surface area contributed by atoms with Crippen LogP contribution in [0.1, 0.15) is 0 Å². The maximum Gasteiger partial charge on any atom is 0.145 e.